The number of hydrogen-bond donors (Lipinski definition) is 1. The molecule has 0 aliphatic carbocycles. The highest BCUT2D eigenvalue weighted by atomic mass is 35.5. The largest absolute Gasteiger partial charge is 0.467 e. The van der Waals surface area contributed by atoms with Crippen molar-refractivity contribution in [3.8, 4) is 0 Å². The second-order valence-corrected chi connectivity index (χ2v) is 4.32. The fourth-order valence-corrected chi connectivity index (χ4v) is 1.47. The van der Waals surface area contributed by atoms with Crippen LogP contribution in [0.5, 0.6) is 0 Å². The maximum Gasteiger partial charge on any atom is 0.220 e. The van der Waals surface area contributed by atoms with Crippen molar-refractivity contribution in [3.05, 3.63) is 24.2 Å². The summed E-state index contributed by atoms with van der Waals surface area (Å²) in [6.45, 7) is 3.81. The minimum atomic E-state index is -0.465. The van der Waals surface area contributed by atoms with E-state index in [1.54, 1.807) is 6.26 Å². The minimum Gasteiger partial charge on any atom is -0.467 e. The average molecular weight is 230 g/mol. The number of nitrogens with one attached hydrogen (secondary N) is 1. The first-order chi connectivity index (χ1) is 7.06. The molecule has 0 saturated carbocycles. The molecule has 0 aromatic carbocycles. The van der Waals surface area contributed by atoms with E-state index in [1.807, 2.05) is 26.0 Å². The van der Waals surface area contributed by atoms with Gasteiger partial charge in [-0.2, -0.15) is 0 Å². The van der Waals surface area contributed by atoms with Gasteiger partial charge in [0, 0.05) is 12.3 Å². The van der Waals surface area contributed by atoms with Crippen molar-refractivity contribution < 1.29 is 9.21 Å². The van der Waals surface area contributed by atoms with Gasteiger partial charge < -0.3 is 9.73 Å². The van der Waals surface area contributed by atoms with E-state index in [-0.39, 0.29) is 5.91 Å². The lowest BCUT2D eigenvalue weighted by Crippen LogP contribution is -2.40. The number of carbonyl (C=O) groups excluding carboxylic acids is 1. The standard InChI is InChI=1S/C11H16ClNO2/c1-11(2,9-5-4-8-15-9)13-10(14)6-3-7-12/h4-5,8H,3,6-7H2,1-2H3,(H,13,14). The first-order valence-corrected chi connectivity index (χ1v) is 5.50. The van der Waals surface area contributed by atoms with Crippen LogP contribution in [0.1, 0.15) is 32.4 Å². The van der Waals surface area contributed by atoms with Crippen LogP contribution in [0.2, 0.25) is 0 Å². The van der Waals surface area contributed by atoms with Gasteiger partial charge in [0.15, 0.2) is 0 Å². The van der Waals surface area contributed by atoms with Gasteiger partial charge in [0.2, 0.25) is 5.91 Å². The Kier molecular flexibility index (Phi) is 4.21. The summed E-state index contributed by atoms with van der Waals surface area (Å²) >= 11 is 5.52. The van der Waals surface area contributed by atoms with Gasteiger partial charge in [-0.1, -0.05) is 0 Å². The van der Waals surface area contributed by atoms with Crippen LogP contribution in [0.4, 0.5) is 0 Å². The molecule has 0 radical (unpaired) electrons. The van der Waals surface area contributed by atoms with Gasteiger partial charge in [-0.3, -0.25) is 4.79 Å². The van der Waals surface area contributed by atoms with Gasteiger partial charge >= 0.3 is 0 Å². The van der Waals surface area contributed by atoms with Crippen LogP contribution in [-0.4, -0.2) is 11.8 Å². The minimum absolute atomic E-state index is 0.00273. The fourth-order valence-electron chi connectivity index (χ4n) is 1.33. The number of carbonyl (C=O) groups is 1. The van der Waals surface area contributed by atoms with E-state index in [0.717, 1.165) is 5.76 Å². The summed E-state index contributed by atoms with van der Waals surface area (Å²) in [6, 6.07) is 3.66. The van der Waals surface area contributed by atoms with Crippen molar-refractivity contribution in [3.63, 3.8) is 0 Å². The molecule has 0 fully saturated rings. The Hall–Kier alpha value is -0.960. The van der Waals surface area contributed by atoms with Crippen molar-refractivity contribution in [2.45, 2.75) is 32.2 Å². The number of alkyl halides is 1. The van der Waals surface area contributed by atoms with E-state index < -0.39 is 5.54 Å². The topological polar surface area (TPSA) is 42.2 Å². The molecule has 4 heteroatoms. The molecule has 0 aliphatic rings. The van der Waals surface area contributed by atoms with E-state index in [9.17, 15) is 4.79 Å². The molecule has 0 aliphatic heterocycles. The summed E-state index contributed by atoms with van der Waals surface area (Å²) in [5.41, 5.74) is -0.465. The van der Waals surface area contributed by atoms with Crippen LogP contribution in [0.25, 0.3) is 0 Å². The molecule has 0 unspecified atom stereocenters. The van der Waals surface area contributed by atoms with Gasteiger partial charge in [-0.15, -0.1) is 11.6 Å². The number of hydrogen-bond acceptors (Lipinski definition) is 2. The Bertz CT molecular complexity index is 306. The maximum atomic E-state index is 11.5. The van der Waals surface area contributed by atoms with Crippen LogP contribution in [0.15, 0.2) is 22.8 Å². The van der Waals surface area contributed by atoms with E-state index >= 15 is 0 Å². The van der Waals surface area contributed by atoms with Crippen LogP contribution < -0.4 is 5.32 Å². The zero-order chi connectivity index (χ0) is 11.3. The van der Waals surface area contributed by atoms with Gasteiger partial charge in [0.1, 0.15) is 5.76 Å². The van der Waals surface area contributed by atoms with E-state index in [0.29, 0.717) is 18.7 Å². The summed E-state index contributed by atoms with van der Waals surface area (Å²) in [7, 11) is 0. The Balaban J connectivity index is 2.53. The second-order valence-electron chi connectivity index (χ2n) is 3.94. The van der Waals surface area contributed by atoms with E-state index in [4.69, 9.17) is 16.0 Å². The monoisotopic (exact) mass is 229 g/mol. The molecule has 0 saturated heterocycles. The summed E-state index contributed by atoms with van der Waals surface area (Å²) < 4.78 is 5.26. The third-order valence-corrected chi connectivity index (χ3v) is 2.39. The van der Waals surface area contributed by atoms with Crippen molar-refractivity contribution in [1.82, 2.24) is 5.32 Å². The Morgan fingerprint density at radius 1 is 1.60 bits per heavy atom. The molecule has 1 amide bonds. The van der Waals surface area contributed by atoms with Gasteiger partial charge in [-0.05, 0) is 32.4 Å². The molecule has 84 valence electrons. The zero-order valence-corrected chi connectivity index (χ0v) is 9.80. The highest BCUT2D eigenvalue weighted by Crippen LogP contribution is 2.20. The van der Waals surface area contributed by atoms with Crippen LogP contribution in [0, 0.1) is 0 Å². The molecule has 1 aromatic heterocycles. The predicted octanol–water partition coefficient (Wildman–Crippen LogP) is 2.65. The molecule has 0 atom stereocenters. The van der Waals surface area contributed by atoms with Crippen molar-refractivity contribution in [1.29, 1.82) is 0 Å². The molecule has 15 heavy (non-hydrogen) atoms. The number of amides is 1. The predicted molar refractivity (Wildman–Crippen MR) is 59.8 cm³/mol. The Morgan fingerprint density at radius 2 is 2.33 bits per heavy atom. The molecular formula is C11H16ClNO2. The Morgan fingerprint density at radius 3 is 2.87 bits per heavy atom. The summed E-state index contributed by atoms with van der Waals surface area (Å²) in [5.74, 6) is 1.26. The molecule has 1 N–H and O–H groups in total. The average Bonchev–Trinajstić information content (AvgIpc) is 2.67. The van der Waals surface area contributed by atoms with Crippen LogP contribution in [0.3, 0.4) is 0 Å². The molecule has 1 rings (SSSR count). The van der Waals surface area contributed by atoms with Gasteiger partial charge in [-0.25, -0.2) is 0 Å². The molecule has 3 nitrogen and oxygen atoms in total. The zero-order valence-electron chi connectivity index (χ0n) is 9.05. The lowest BCUT2D eigenvalue weighted by Gasteiger charge is -2.23. The lowest BCUT2D eigenvalue weighted by atomic mass is 10.0. The Labute approximate surface area is 94.8 Å². The molecular weight excluding hydrogens is 214 g/mol. The smallest absolute Gasteiger partial charge is 0.220 e. The van der Waals surface area contributed by atoms with Crippen LogP contribution in [-0.2, 0) is 10.3 Å². The summed E-state index contributed by atoms with van der Waals surface area (Å²) in [5, 5.41) is 2.90. The molecule has 1 aromatic rings. The number of furan rings is 1. The van der Waals surface area contributed by atoms with Gasteiger partial charge in [0.05, 0.1) is 11.8 Å². The van der Waals surface area contributed by atoms with Crippen molar-refractivity contribution >= 4 is 17.5 Å². The highest BCUT2D eigenvalue weighted by Gasteiger charge is 2.25. The fraction of sp³-hybridized carbons (Fsp3) is 0.545. The van der Waals surface area contributed by atoms with E-state index in [2.05, 4.69) is 5.32 Å². The number of halogens is 1. The highest BCUT2D eigenvalue weighted by molar-refractivity contribution is 6.17. The van der Waals surface area contributed by atoms with Crippen molar-refractivity contribution in [2.75, 3.05) is 5.88 Å². The van der Waals surface area contributed by atoms with Gasteiger partial charge in [0.25, 0.3) is 0 Å². The quantitative estimate of drug-likeness (QED) is 0.789. The van der Waals surface area contributed by atoms with Crippen LogP contribution >= 0.6 is 11.6 Å². The maximum absolute atomic E-state index is 11.5. The molecule has 0 spiro atoms. The first kappa shape index (κ1) is 12.1. The first-order valence-electron chi connectivity index (χ1n) is 4.97. The lowest BCUT2D eigenvalue weighted by molar-refractivity contribution is -0.123. The molecule has 1 heterocycles. The molecule has 0 bridgehead atoms. The van der Waals surface area contributed by atoms with E-state index in [1.165, 1.54) is 0 Å². The third-order valence-electron chi connectivity index (χ3n) is 2.13. The second kappa shape index (κ2) is 5.21. The van der Waals surface area contributed by atoms with Crippen molar-refractivity contribution in [2.24, 2.45) is 0 Å². The normalized spacial score (nSPS) is 11.4. The third kappa shape index (κ3) is 3.59. The number of rotatable bonds is 5. The SMILES string of the molecule is CC(C)(NC(=O)CCCCl)c1ccco1. The summed E-state index contributed by atoms with van der Waals surface area (Å²) in [6.07, 6.45) is 2.75. The summed E-state index contributed by atoms with van der Waals surface area (Å²) in [4.78, 5) is 11.5.